The molecule has 1 aromatic rings. The molecule has 1 saturated carbocycles. The summed E-state index contributed by atoms with van der Waals surface area (Å²) >= 11 is 0. The normalized spacial score (nSPS) is 36.2. The van der Waals surface area contributed by atoms with Crippen molar-refractivity contribution in [3.05, 3.63) is 23.8 Å². The second-order valence-corrected chi connectivity index (χ2v) is 6.86. The highest BCUT2D eigenvalue weighted by molar-refractivity contribution is 5.60. The minimum absolute atomic E-state index is 0.0733. The SMILES string of the molecule is C=CCn1c(O)c2c(c1O)C1CC2C2OC12CC(C)C. The Kier molecular flexibility index (Phi) is 2.23. The minimum Gasteiger partial charge on any atom is -0.494 e. The van der Waals surface area contributed by atoms with Gasteiger partial charge in [-0.25, -0.2) is 0 Å². The van der Waals surface area contributed by atoms with Gasteiger partial charge in [0.15, 0.2) is 11.8 Å². The predicted molar refractivity (Wildman–Crippen MR) is 75.1 cm³/mol. The monoisotopic (exact) mass is 275 g/mol. The summed E-state index contributed by atoms with van der Waals surface area (Å²) < 4.78 is 7.60. The highest BCUT2D eigenvalue weighted by Gasteiger charge is 2.74. The third kappa shape index (κ3) is 1.21. The van der Waals surface area contributed by atoms with Crippen LogP contribution in [0.25, 0.3) is 0 Å². The van der Waals surface area contributed by atoms with E-state index in [0.717, 1.165) is 24.0 Å². The van der Waals surface area contributed by atoms with Crippen molar-refractivity contribution < 1.29 is 14.9 Å². The highest BCUT2D eigenvalue weighted by atomic mass is 16.6. The number of epoxide rings is 1. The van der Waals surface area contributed by atoms with Gasteiger partial charge >= 0.3 is 0 Å². The number of rotatable bonds is 4. The number of allylic oxidation sites excluding steroid dienone is 1. The van der Waals surface area contributed by atoms with Crippen LogP contribution in [0.2, 0.25) is 0 Å². The van der Waals surface area contributed by atoms with Gasteiger partial charge in [-0.1, -0.05) is 19.9 Å². The summed E-state index contributed by atoms with van der Waals surface area (Å²) in [5.74, 6) is 1.49. The molecule has 20 heavy (non-hydrogen) atoms. The van der Waals surface area contributed by atoms with E-state index in [1.165, 1.54) is 0 Å². The van der Waals surface area contributed by atoms with Gasteiger partial charge in [0, 0.05) is 29.5 Å². The van der Waals surface area contributed by atoms with E-state index in [0.29, 0.717) is 12.5 Å². The fraction of sp³-hybridized carbons (Fsp3) is 0.625. The summed E-state index contributed by atoms with van der Waals surface area (Å²) in [6, 6.07) is 0. The van der Waals surface area contributed by atoms with E-state index in [9.17, 15) is 10.2 Å². The predicted octanol–water partition coefficient (Wildman–Crippen LogP) is 2.85. The standard InChI is InChI=1S/C16H21NO3/c1-4-5-17-14(18)11-9-6-10(12(11)15(17)19)16(7-8(2)3)13(9)20-16/h4,8-10,13,18-19H,1,5-7H2,2-3H3. The summed E-state index contributed by atoms with van der Waals surface area (Å²) in [6.45, 7) is 8.54. The van der Waals surface area contributed by atoms with Crippen molar-refractivity contribution >= 4 is 0 Å². The van der Waals surface area contributed by atoms with Gasteiger partial charge in [-0.3, -0.25) is 4.57 Å². The summed E-state index contributed by atoms with van der Waals surface area (Å²) in [4.78, 5) is 0. The van der Waals surface area contributed by atoms with Crippen LogP contribution in [-0.4, -0.2) is 26.5 Å². The van der Waals surface area contributed by atoms with Crippen LogP contribution in [0.1, 0.15) is 49.7 Å². The van der Waals surface area contributed by atoms with Crippen LogP contribution in [-0.2, 0) is 11.3 Å². The van der Waals surface area contributed by atoms with E-state index in [2.05, 4.69) is 20.4 Å². The van der Waals surface area contributed by atoms with Crippen LogP contribution in [0.15, 0.2) is 12.7 Å². The first-order valence-electron chi connectivity index (χ1n) is 7.44. The van der Waals surface area contributed by atoms with Gasteiger partial charge in [-0.15, -0.1) is 6.58 Å². The number of aromatic hydroxyl groups is 2. The minimum atomic E-state index is -0.0733. The Hall–Kier alpha value is -1.42. The summed E-state index contributed by atoms with van der Waals surface area (Å²) in [6.07, 6.45) is 3.98. The third-order valence-corrected chi connectivity index (χ3v) is 5.26. The maximum absolute atomic E-state index is 10.5. The Bertz CT molecular complexity index is 603. The summed E-state index contributed by atoms with van der Waals surface area (Å²) in [5.41, 5.74) is 1.79. The molecule has 4 nitrogen and oxygen atoms in total. The van der Waals surface area contributed by atoms with Gasteiger partial charge in [0.25, 0.3) is 0 Å². The number of aromatic nitrogens is 1. The maximum atomic E-state index is 10.5. The quantitative estimate of drug-likeness (QED) is 0.656. The Morgan fingerprint density at radius 2 is 2.10 bits per heavy atom. The lowest BCUT2D eigenvalue weighted by Crippen LogP contribution is -2.24. The molecule has 108 valence electrons. The molecule has 0 amide bonds. The molecule has 4 atom stereocenters. The molecule has 2 bridgehead atoms. The zero-order chi connectivity index (χ0) is 14.2. The number of hydrogen-bond acceptors (Lipinski definition) is 3. The largest absolute Gasteiger partial charge is 0.494 e. The topological polar surface area (TPSA) is 57.9 Å². The second kappa shape index (κ2) is 3.61. The van der Waals surface area contributed by atoms with Crippen LogP contribution >= 0.6 is 0 Å². The second-order valence-electron chi connectivity index (χ2n) is 6.86. The van der Waals surface area contributed by atoms with Gasteiger partial charge in [0.05, 0.1) is 6.10 Å². The smallest absolute Gasteiger partial charge is 0.198 e. The zero-order valence-corrected chi connectivity index (χ0v) is 12.0. The molecule has 1 aliphatic heterocycles. The lowest BCUT2D eigenvalue weighted by Gasteiger charge is -2.21. The van der Waals surface area contributed by atoms with Crippen LogP contribution in [0.5, 0.6) is 11.8 Å². The fourth-order valence-corrected chi connectivity index (χ4v) is 4.70. The van der Waals surface area contributed by atoms with Crippen LogP contribution < -0.4 is 0 Å². The Morgan fingerprint density at radius 3 is 2.75 bits per heavy atom. The molecule has 1 aromatic heterocycles. The molecule has 2 heterocycles. The number of hydrogen-bond donors (Lipinski definition) is 2. The number of fused-ring (bicyclic) bond motifs is 8. The molecule has 1 saturated heterocycles. The van der Waals surface area contributed by atoms with Gasteiger partial charge < -0.3 is 14.9 Å². The molecule has 0 spiro atoms. The molecule has 0 radical (unpaired) electrons. The van der Waals surface area contributed by atoms with Gasteiger partial charge in [0.2, 0.25) is 0 Å². The first-order chi connectivity index (χ1) is 9.51. The molecule has 0 aromatic carbocycles. The van der Waals surface area contributed by atoms with Crippen LogP contribution in [0, 0.1) is 5.92 Å². The van der Waals surface area contributed by atoms with Crippen molar-refractivity contribution in [2.45, 2.75) is 56.8 Å². The van der Waals surface area contributed by atoms with E-state index < -0.39 is 0 Å². The first-order valence-corrected chi connectivity index (χ1v) is 7.44. The van der Waals surface area contributed by atoms with E-state index in [4.69, 9.17) is 4.74 Å². The summed E-state index contributed by atoms with van der Waals surface area (Å²) in [7, 11) is 0. The van der Waals surface area contributed by atoms with Crippen molar-refractivity contribution in [3.63, 3.8) is 0 Å². The molecule has 4 rings (SSSR count). The molecule has 4 unspecified atom stereocenters. The first kappa shape index (κ1) is 12.3. The van der Waals surface area contributed by atoms with Crippen molar-refractivity contribution in [1.82, 2.24) is 4.57 Å². The molecule has 2 N–H and O–H groups in total. The Balaban J connectivity index is 1.80. The van der Waals surface area contributed by atoms with Crippen LogP contribution in [0.3, 0.4) is 0 Å². The number of nitrogens with zero attached hydrogens (tertiary/aromatic N) is 1. The summed E-state index contributed by atoms with van der Waals surface area (Å²) in [5, 5.41) is 20.9. The van der Waals surface area contributed by atoms with E-state index in [-0.39, 0.29) is 35.3 Å². The van der Waals surface area contributed by atoms with Crippen molar-refractivity contribution in [1.29, 1.82) is 0 Å². The molecule has 4 heteroatoms. The third-order valence-electron chi connectivity index (χ3n) is 5.26. The van der Waals surface area contributed by atoms with Crippen LogP contribution in [0.4, 0.5) is 0 Å². The molecule has 2 fully saturated rings. The average molecular weight is 275 g/mol. The lowest BCUT2D eigenvalue weighted by molar-refractivity contribution is 0.200. The molecule has 2 aliphatic carbocycles. The number of ether oxygens (including phenoxy) is 1. The average Bonchev–Trinajstić information content (AvgIpc) is 2.75. The highest BCUT2D eigenvalue weighted by Crippen LogP contribution is 2.73. The van der Waals surface area contributed by atoms with Gasteiger partial charge in [-0.05, 0) is 18.8 Å². The Morgan fingerprint density at radius 1 is 1.40 bits per heavy atom. The van der Waals surface area contributed by atoms with E-state index in [1.807, 2.05) is 0 Å². The van der Waals surface area contributed by atoms with Gasteiger partial charge in [-0.2, -0.15) is 0 Å². The van der Waals surface area contributed by atoms with Crippen molar-refractivity contribution in [2.75, 3.05) is 0 Å². The van der Waals surface area contributed by atoms with E-state index >= 15 is 0 Å². The van der Waals surface area contributed by atoms with Gasteiger partial charge in [0.1, 0.15) is 5.60 Å². The van der Waals surface area contributed by atoms with Crippen molar-refractivity contribution in [3.8, 4) is 11.8 Å². The maximum Gasteiger partial charge on any atom is 0.198 e. The Labute approximate surface area is 118 Å². The fourth-order valence-electron chi connectivity index (χ4n) is 4.70. The lowest BCUT2D eigenvalue weighted by atomic mass is 9.80. The molecule has 3 aliphatic rings. The molecular weight excluding hydrogens is 254 g/mol. The van der Waals surface area contributed by atoms with E-state index in [1.54, 1.807) is 10.6 Å². The molecular formula is C16H21NO3. The van der Waals surface area contributed by atoms with Crippen molar-refractivity contribution in [2.24, 2.45) is 5.92 Å². The zero-order valence-electron chi connectivity index (χ0n) is 12.0.